The Morgan fingerprint density at radius 3 is 2.54 bits per heavy atom. The van der Waals surface area contributed by atoms with Crippen molar-refractivity contribution in [2.45, 2.75) is 19.3 Å². The number of halogens is 1. The largest absolute Gasteiger partial charge is 0.314 e. The van der Waals surface area contributed by atoms with Crippen LogP contribution in [0.4, 0.5) is 0 Å². The van der Waals surface area contributed by atoms with E-state index in [2.05, 4.69) is 13.2 Å². The van der Waals surface area contributed by atoms with E-state index in [1.807, 2.05) is 29.1 Å². The van der Waals surface area contributed by atoms with Crippen molar-refractivity contribution in [3.05, 3.63) is 25.3 Å². The van der Waals surface area contributed by atoms with Gasteiger partial charge in [0.2, 0.25) is 0 Å². The maximum absolute atomic E-state index is 7.34. The van der Waals surface area contributed by atoms with Gasteiger partial charge in [0.05, 0.1) is 6.61 Å². The molecule has 1 atom stereocenters. The third-order valence-electron chi connectivity index (χ3n) is 2.07. The Kier molecular flexibility index (Phi) is 7.17. The number of unbranched alkanes of at least 4 members (excludes halogenated alkanes) is 1. The zero-order chi connectivity index (χ0) is 10.2. The molecule has 0 aromatic carbocycles. The predicted molar refractivity (Wildman–Crippen MR) is 65.4 cm³/mol. The molecule has 3 heteroatoms. The summed E-state index contributed by atoms with van der Waals surface area (Å²) in [5.74, 6) is 0. The van der Waals surface area contributed by atoms with Crippen LogP contribution < -0.4 is 0 Å². The van der Waals surface area contributed by atoms with E-state index >= 15 is 0 Å². The summed E-state index contributed by atoms with van der Waals surface area (Å²) in [7, 11) is 0. The average Bonchev–Trinajstić information content (AvgIpc) is 2.17. The average molecular weight is 293 g/mol. The molecule has 0 spiro atoms. The second-order valence-corrected chi connectivity index (χ2v) is 3.64. The van der Waals surface area contributed by atoms with Gasteiger partial charge in [-0.1, -0.05) is 12.2 Å². The van der Waals surface area contributed by atoms with Crippen LogP contribution in [0.15, 0.2) is 25.3 Å². The van der Waals surface area contributed by atoms with Gasteiger partial charge in [0.1, 0.15) is 23.0 Å². The lowest BCUT2D eigenvalue weighted by molar-refractivity contribution is 0.301. The molecule has 0 saturated carbocycles. The molecule has 1 unspecified atom stereocenters. The summed E-state index contributed by atoms with van der Waals surface area (Å²) in [6.45, 7) is 7.93. The van der Waals surface area contributed by atoms with Crippen molar-refractivity contribution in [3.8, 4) is 0 Å². The van der Waals surface area contributed by atoms with Crippen LogP contribution >= 0.6 is 23.0 Å². The molecule has 0 bridgehead atoms. The van der Waals surface area contributed by atoms with Crippen molar-refractivity contribution in [2.24, 2.45) is 5.41 Å². The highest BCUT2D eigenvalue weighted by Crippen LogP contribution is 2.25. The smallest absolute Gasteiger partial charge is 0.109 e. The molecule has 1 N–H and O–H groups in total. The molecular formula is C10H16INO. The Labute approximate surface area is 94.3 Å². The summed E-state index contributed by atoms with van der Waals surface area (Å²) < 4.78 is 5.04. The van der Waals surface area contributed by atoms with Crippen molar-refractivity contribution in [1.82, 2.24) is 0 Å². The van der Waals surface area contributed by atoms with Crippen molar-refractivity contribution < 1.29 is 3.07 Å². The van der Waals surface area contributed by atoms with Crippen LogP contribution in [-0.4, -0.2) is 12.8 Å². The first-order valence-electron chi connectivity index (χ1n) is 4.24. The molecule has 0 heterocycles. The van der Waals surface area contributed by atoms with E-state index in [4.69, 9.17) is 8.48 Å². The van der Waals surface area contributed by atoms with Gasteiger partial charge in [-0.25, -0.2) is 0 Å². The fourth-order valence-corrected chi connectivity index (χ4v) is 1.66. The van der Waals surface area contributed by atoms with E-state index < -0.39 is 0 Å². The zero-order valence-electron chi connectivity index (χ0n) is 7.76. The van der Waals surface area contributed by atoms with Crippen LogP contribution in [0.1, 0.15) is 19.3 Å². The lowest BCUT2D eigenvalue weighted by Crippen LogP contribution is -2.24. The first-order chi connectivity index (χ1) is 6.24. The normalized spacial score (nSPS) is 14.5. The van der Waals surface area contributed by atoms with Gasteiger partial charge in [-0.15, -0.1) is 13.2 Å². The minimum Gasteiger partial charge on any atom is -0.314 e. The molecule has 2 nitrogen and oxygen atoms in total. The molecule has 0 aliphatic carbocycles. The van der Waals surface area contributed by atoms with E-state index in [9.17, 15) is 0 Å². The standard InChI is InChI=1S/C10H16INO/c1-3-5-6-7-10(4-2,8-12)9-13-11/h3-4,8,12H,1-2,5-7,9H2. The molecular weight excluding hydrogens is 277 g/mol. The molecule has 0 fully saturated rings. The molecule has 0 radical (unpaired) electrons. The van der Waals surface area contributed by atoms with Gasteiger partial charge in [0.15, 0.2) is 0 Å². The van der Waals surface area contributed by atoms with Gasteiger partial charge in [-0.05, 0) is 19.3 Å². The van der Waals surface area contributed by atoms with Crippen LogP contribution in [0.2, 0.25) is 0 Å². The minimum atomic E-state index is -0.288. The monoisotopic (exact) mass is 293 g/mol. The predicted octanol–water partition coefficient (Wildman–Crippen LogP) is 3.53. The third kappa shape index (κ3) is 4.57. The Balaban J connectivity index is 4.11. The first kappa shape index (κ1) is 12.8. The van der Waals surface area contributed by atoms with Gasteiger partial charge in [0.25, 0.3) is 0 Å². The fraction of sp³-hybridized carbons (Fsp3) is 0.500. The maximum atomic E-state index is 7.34. The van der Waals surface area contributed by atoms with Crippen molar-refractivity contribution >= 4 is 29.2 Å². The van der Waals surface area contributed by atoms with E-state index in [-0.39, 0.29) is 5.41 Å². The molecule has 0 saturated heterocycles. The second-order valence-electron chi connectivity index (χ2n) is 3.02. The van der Waals surface area contributed by atoms with Crippen molar-refractivity contribution in [1.29, 1.82) is 5.41 Å². The van der Waals surface area contributed by atoms with E-state index in [1.165, 1.54) is 6.21 Å². The Hall–Kier alpha value is -0.160. The molecule has 0 aromatic heterocycles. The van der Waals surface area contributed by atoms with Crippen LogP contribution in [0.5, 0.6) is 0 Å². The maximum Gasteiger partial charge on any atom is 0.109 e. The summed E-state index contributed by atoms with van der Waals surface area (Å²) in [6, 6.07) is 0. The number of hydrogen-bond donors (Lipinski definition) is 1. The lowest BCUT2D eigenvalue weighted by Gasteiger charge is -2.23. The molecule has 0 aliphatic rings. The van der Waals surface area contributed by atoms with Crippen LogP contribution in [0, 0.1) is 10.8 Å². The molecule has 0 rings (SSSR count). The van der Waals surface area contributed by atoms with Crippen LogP contribution in [0.25, 0.3) is 0 Å². The minimum absolute atomic E-state index is 0.288. The highest BCUT2D eigenvalue weighted by Gasteiger charge is 2.23. The quantitative estimate of drug-likeness (QED) is 0.316. The number of allylic oxidation sites excluding steroid dienone is 1. The van der Waals surface area contributed by atoms with Gasteiger partial charge in [-0.2, -0.15) is 0 Å². The van der Waals surface area contributed by atoms with E-state index in [1.54, 1.807) is 6.08 Å². The number of rotatable bonds is 8. The summed E-state index contributed by atoms with van der Waals surface area (Å²) in [6.07, 6.45) is 8.00. The van der Waals surface area contributed by atoms with Gasteiger partial charge in [-0.3, -0.25) is 0 Å². The van der Waals surface area contributed by atoms with Gasteiger partial charge >= 0.3 is 0 Å². The second kappa shape index (κ2) is 7.26. The topological polar surface area (TPSA) is 33.1 Å². The van der Waals surface area contributed by atoms with Gasteiger partial charge < -0.3 is 8.48 Å². The van der Waals surface area contributed by atoms with Crippen LogP contribution in [-0.2, 0) is 3.07 Å². The van der Waals surface area contributed by atoms with E-state index in [0.717, 1.165) is 19.3 Å². The van der Waals surface area contributed by atoms with Crippen molar-refractivity contribution in [3.63, 3.8) is 0 Å². The Bertz CT molecular complexity index is 172. The Morgan fingerprint density at radius 1 is 1.46 bits per heavy atom. The zero-order valence-corrected chi connectivity index (χ0v) is 9.92. The summed E-state index contributed by atoms with van der Waals surface area (Å²) >= 11 is 1.85. The summed E-state index contributed by atoms with van der Waals surface area (Å²) in [5, 5.41) is 7.34. The van der Waals surface area contributed by atoms with Crippen molar-refractivity contribution in [2.75, 3.05) is 6.61 Å². The molecule has 0 aliphatic heterocycles. The third-order valence-corrected chi connectivity index (χ3v) is 2.38. The summed E-state index contributed by atoms with van der Waals surface area (Å²) in [4.78, 5) is 0. The van der Waals surface area contributed by atoms with Crippen LogP contribution in [0.3, 0.4) is 0 Å². The van der Waals surface area contributed by atoms with E-state index in [0.29, 0.717) is 6.61 Å². The molecule has 74 valence electrons. The molecule has 13 heavy (non-hydrogen) atoms. The molecule has 0 aromatic rings. The number of hydrogen-bond acceptors (Lipinski definition) is 2. The highest BCUT2D eigenvalue weighted by molar-refractivity contribution is 14.1. The first-order valence-corrected chi connectivity index (χ1v) is 5.12. The SMILES string of the molecule is C=CCCCC(C=C)(C=N)COI. The Morgan fingerprint density at radius 2 is 2.15 bits per heavy atom. The highest BCUT2D eigenvalue weighted by atomic mass is 127. The molecule has 0 amide bonds. The lowest BCUT2D eigenvalue weighted by atomic mass is 9.85. The summed E-state index contributed by atoms with van der Waals surface area (Å²) in [5.41, 5.74) is -0.288. The number of nitrogens with one attached hydrogen (secondary N) is 1. The fourth-order valence-electron chi connectivity index (χ4n) is 1.08. The van der Waals surface area contributed by atoms with Gasteiger partial charge in [0, 0.05) is 11.6 Å².